The van der Waals surface area contributed by atoms with Crippen LogP contribution in [-0.4, -0.2) is 46.7 Å². The molecule has 37 heavy (non-hydrogen) atoms. The van der Waals surface area contributed by atoms with E-state index >= 15 is 0 Å². The average Bonchev–Trinajstić information content (AvgIpc) is 3.18. The summed E-state index contributed by atoms with van der Waals surface area (Å²) in [7, 11) is -4.28. The van der Waals surface area contributed by atoms with Crippen molar-refractivity contribution in [3.05, 3.63) is 78.0 Å². The molecule has 1 saturated heterocycles. The Morgan fingerprint density at radius 3 is 2.35 bits per heavy atom. The third-order valence-corrected chi connectivity index (χ3v) is 8.38. The Kier molecular flexibility index (Phi) is 7.17. The van der Waals surface area contributed by atoms with Crippen LogP contribution in [0.25, 0.3) is 11.3 Å². The van der Waals surface area contributed by atoms with Crippen LogP contribution < -0.4 is 0 Å². The van der Waals surface area contributed by atoms with Gasteiger partial charge in [0.25, 0.3) is 0 Å². The lowest BCUT2D eigenvalue weighted by molar-refractivity contribution is -0.137. The number of carbonyl (C=O) groups excluding carboxylic acids is 1. The van der Waals surface area contributed by atoms with E-state index < -0.39 is 51.6 Å². The van der Waals surface area contributed by atoms with Crippen LogP contribution in [0.2, 0.25) is 0 Å². The van der Waals surface area contributed by atoms with Crippen molar-refractivity contribution in [2.45, 2.75) is 49.0 Å². The summed E-state index contributed by atoms with van der Waals surface area (Å²) in [5.74, 6) is -1.16. The van der Waals surface area contributed by atoms with Crippen molar-refractivity contribution in [2.24, 2.45) is 0 Å². The second kappa shape index (κ2) is 9.90. The van der Waals surface area contributed by atoms with E-state index in [1.807, 2.05) is 0 Å². The molecule has 2 atom stereocenters. The first kappa shape index (κ1) is 26.8. The highest BCUT2D eigenvalue weighted by atomic mass is 32.2. The first-order valence-electron chi connectivity index (χ1n) is 11.2. The van der Waals surface area contributed by atoms with Crippen LogP contribution in [0.15, 0.2) is 65.8 Å². The zero-order valence-corrected chi connectivity index (χ0v) is 20.4. The van der Waals surface area contributed by atoms with Crippen LogP contribution in [0.1, 0.15) is 31.0 Å². The molecule has 0 aliphatic carbocycles. The van der Waals surface area contributed by atoms with Crippen molar-refractivity contribution < 1.29 is 35.2 Å². The number of aryl methyl sites for hydroxylation is 1. The van der Waals surface area contributed by atoms with Crippen LogP contribution in [-0.2, 0) is 27.4 Å². The van der Waals surface area contributed by atoms with Crippen molar-refractivity contribution in [1.82, 2.24) is 14.3 Å². The molecular weight excluding hydrogens is 517 g/mol. The lowest BCUT2D eigenvalue weighted by Crippen LogP contribution is -2.50. The van der Waals surface area contributed by atoms with Gasteiger partial charge in [0, 0.05) is 30.6 Å². The normalized spacial score (nSPS) is 20.8. The van der Waals surface area contributed by atoms with Gasteiger partial charge in [-0.2, -0.15) is 17.5 Å². The molecule has 2 heterocycles. The summed E-state index contributed by atoms with van der Waals surface area (Å²) in [6.07, 6.45) is -5.23. The van der Waals surface area contributed by atoms with E-state index in [1.54, 1.807) is 0 Å². The molecule has 0 bridgehead atoms. The zero-order chi connectivity index (χ0) is 27.0. The van der Waals surface area contributed by atoms with Gasteiger partial charge in [-0.25, -0.2) is 27.2 Å². The van der Waals surface area contributed by atoms with Gasteiger partial charge in [-0.05, 0) is 55.8 Å². The summed E-state index contributed by atoms with van der Waals surface area (Å²) in [5, 5.41) is 0. The number of halogens is 5. The third-order valence-electron chi connectivity index (χ3n) is 6.38. The Bertz CT molecular complexity index is 1400. The van der Waals surface area contributed by atoms with Gasteiger partial charge in [0.2, 0.25) is 10.0 Å². The summed E-state index contributed by atoms with van der Waals surface area (Å²) < 4.78 is 93.3. The molecule has 1 aromatic heterocycles. The predicted octanol–water partition coefficient (Wildman–Crippen LogP) is 4.99. The third kappa shape index (κ3) is 5.54. The van der Waals surface area contributed by atoms with Gasteiger partial charge in [-0.15, -0.1) is 0 Å². The van der Waals surface area contributed by atoms with Crippen LogP contribution in [0.3, 0.4) is 0 Å². The van der Waals surface area contributed by atoms with Gasteiger partial charge in [-0.1, -0.05) is 12.1 Å². The molecule has 12 heteroatoms. The number of nitrogens with zero attached hydrogens (tertiary/aromatic N) is 3. The van der Waals surface area contributed by atoms with Crippen LogP contribution in [0, 0.1) is 5.82 Å². The molecule has 196 valence electrons. The molecule has 0 N–H and O–H groups in total. The van der Waals surface area contributed by atoms with Crippen LogP contribution in [0.5, 0.6) is 0 Å². The Labute approximate surface area is 210 Å². The van der Waals surface area contributed by atoms with Crippen molar-refractivity contribution in [1.29, 1.82) is 0 Å². The summed E-state index contributed by atoms with van der Waals surface area (Å²) in [6, 6.07) is 10.0. The summed E-state index contributed by atoms with van der Waals surface area (Å²) in [6.45, 7) is 0.858. The van der Waals surface area contributed by atoms with Crippen molar-refractivity contribution in [3.8, 4) is 11.3 Å². The first-order chi connectivity index (χ1) is 17.3. The Hall–Kier alpha value is -3.25. The SMILES string of the molecule is C[C@@]1(C(=O)CCc2cc(-c3ccc(C(F)(F)F)cc3)ncn2)C[C@@H](F)CN1S(=O)(=O)c1ccc(F)cc1. The average molecular weight is 540 g/mol. The number of ketones is 1. The lowest BCUT2D eigenvalue weighted by Gasteiger charge is -2.32. The minimum Gasteiger partial charge on any atom is -0.298 e. The monoisotopic (exact) mass is 539 g/mol. The number of aromatic nitrogens is 2. The zero-order valence-electron chi connectivity index (χ0n) is 19.5. The Morgan fingerprint density at radius 1 is 1.08 bits per heavy atom. The number of sulfonamides is 1. The smallest absolute Gasteiger partial charge is 0.298 e. The largest absolute Gasteiger partial charge is 0.416 e. The minimum absolute atomic E-state index is 0.0754. The highest BCUT2D eigenvalue weighted by molar-refractivity contribution is 7.89. The topological polar surface area (TPSA) is 80.2 Å². The Morgan fingerprint density at radius 2 is 1.73 bits per heavy atom. The molecule has 1 aliphatic rings. The van der Waals surface area contributed by atoms with E-state index in [2.05, 4.69) is 9.97 Å². The highest BCUT2D eigenvalue weighted by Crippen LogP contribution is 2.38. The molecule has 0 spiro atoms. The highest BCUT2D eigenvalue weighted by Gasteiger charge is 2.52. The van der Waals surface area contributed by atoms with Crippen molar-refractivity contribution >= 4 is 15.8 Å². The molecule has 0 unspecified atom stereocenters. The molecule has 2 aromatic carbocycles. The Balaban J connectivity index is 1.51. The van der Waals surface area contributed by atoms with Crippen LogP contribution >= 0.6 is 0 Å². The number of hydrogen-bond donors (Lipinski definition) is 0. The molecule has 1 fully saturated rings. The van der Waals surface area contributed by atoms with Gasteiger partial charge in [0.1, 0.15) is 18.3 Å². The molecule has 3 aromatic rings. The minimum atomic E-state index is -4.47. The molecule has 0 radical (unpaired) electrons. The van der Waals surface area contributed by atoms with E-state index in [0.29, 0.717) is 17.0 Å². The van der Waals surface area contributed by atoms with Gasteiger partial charge in [0.15, 0.2) is 5.78 Å². The molecule has 6 nitrogen and oxygen atoms in total. The number of carbonyl (C=O) groups is 1. The van der Waals surface area contributed by atoms with Crippen LogP contribution in [0.4, 0.5) is 22.0 Å². The fraction of sp³-hybridized carbons (Fsp3) is 0.320. The van der Waals surface area contributed by atoms with E-state index in [9.17, 15) is 35.2 Å². The van der Waals surface area contributed by atoms with Crippen molar-refractivity contribution in [3.63, 3.8) is 0 Å². The number of alkyl halides is 4. The second-order valence-electron chi connectivity index (χ2n) is 8.96. The standard InChI is InChI=1S/C25H22F5N3O3S/c1-24(13-19(27)14-33(24)37(35,36)21-9-6-18(26)7-10-21)23(34)11-8-20-12-22(32-15-31-20)16-2-4-17(5-3-16)25(28,29)30/h2-7,9-10,12,15,19H,8,11,13-14H2,1H3/t19-,24+/m1/s1. The quantitative estimate of drug-likeness (QED) is 0.395. The maximum atomic E-state index is 14.4. The molecule has 4 rings (SSSR count). The molecular formula is C25H22F5N3O3S. The number of rotatable bonds is 7. The number of Topliss-reactive ketones (excluding diaryl/α,β-unsaturated/α-hetero) is 1. The van der Waals surface area contributed by atoms with Crippen molar-refractivity contribution in [2.75, 3.05) is 6.54 Å². The van der Waals surface area contributed by atoms with Gasteiger partial charge in [-0.3, -0.25) is 4.79 Å². The van der Waals surface area contributed by atoms with E-state index in [1.165, 1.54) is 31.5 Å². The number of hydrogen-bond acceptors (Lipinski definition) is 5. The summed E-state index contributed by atoms with van der Waals surface area (Å²) in [5.41, 5.74) is -1.28. The van der Waals surface area contributed by atoms with E-state index in [-0.39, 0.29) is 24.2 Å². The van der Waals surface area contributed by atoms with Gasteiger partial charge >= 0.3 is 6.18 Å². The van der Waals surface area contributed by atoms with E-state index in [0.717, 1.165) is 40.7 Å². The maximum absolute atomic E-state index is 14.4. The lowest BCUT2D eigenvalue weighted by atomic mass is 9.90. The van der Waals surface area contributed by atoms with Gasteiger partial charge in [0.05, 0.1) is 21.7 Å². The fourth-order valence-corrected chi connectivity index (χ4v) is 6.16. The predicted molar refractivity (Wildman–Crippen MR) is 124 cm³/mol. The molecule has 0 saturated carbocycles. The summed E-state index contributed by atoms with van der Waals surface area (Å²) in [4.78, 5) is 21.2. The molecule has 1 aliphatic heterocycles. The maximum Gasteiger partial charge on any atom is 0.416 e. The molecule has 0 amide bonds. The fourth-order valence-electron chi connectivity index (χ4n) is 4.36. The summed E-state index contributed by atoms with van der Waals surface area (Å²) >= 11 is 0. The van der Waals surface area contributed by atoms with E-state index in [4.69, 9.17) is 0 Å². The first-order valence-corrected chi connectivity index (χ1v) is 12.7. The van der Waals surface area contributed by atoms with Gasteiger partial charge < -0.3 is 0 Å². The second-order valence-corrected chi connectivity index (χ2v) is 10.8. The number of benzene rings is 2.